The summed E-state index contributed by atoms with van der Waals surface area (Å²) in [5.41, 5.74) is 0.481. The lowest BCUT2D eigenvalue weighted by atomic mass is 10.2. The van der Waals surface area contributed by atoms with Crippen molar-refractivity contribution in [2.24, 2.45) is 0 Å². The van der Waals surface area contributed by atoms with Crippen molar-refractivity contribution in [2.75, 3.05) is 0 Å². The Hall–Kier alpha value is -1.18. The van der Waals surface area contributed by atoms with Gasteiger partial charge in [0, 0.05) is 3.57 Å². The molecule has 1 atom stereocenters. The number of rotatable bonds is 5. The van der Waals surface area contributed by atoms with Crippen LogP contribution in [0.1, 0.15) is 10.4 Å². The molecule has 32 heavy (non-hydrogen) atoms. The number of esters is 1. The summed E-state index contributed by atoms with van der Waals surface area (Å²) in [6.07, 6.45) is 0. The van der Waals surface area contributed by atoms with Gasteiger partial charge in [0.2, 0.25) is 0 Å². The molecule has 4 rings (SSSR count). The minimum absolute atomic E-state index is 0.261. The van der Waals surface area contributed by atoms with Gasteiger partial charge >= 0.3 is 5.97 Å². The van der Waals surface area contributed by atoms with Crippen LogP contribution in [0.5, 0.6) is 5.75 Å². The summed E-state index contributed by atoms with van der Waals surface area (Å²) in [4.78, 5) is 16.0. The monoisotopic (exact) mass is 779 g/mol. The van der Waals surface area contributed by atoms with Gasteiger partial charge in [-0.05, 0) is 141 Å². The van der Waals surface area contributed by atoms with Crippen LogP contribution in [0, 0.1) is 16.5 Å². The van der Waals surface area contributed by atoms with E-state index in [1.54, 1.807) is 12.1 Å². The summed E-state index contributed by atoms with van der Waals surface area (Å²) in [6.45, 7) is 0. The summed E-state index contributed by atoms with van der Waals surface area (Å²) < 4.78 is 22.1. The highest BCUT2D eigenvalue weighted by atomic mass is 127. The van der Waals surface area contributed by atoms with Crippen LogP contribution in [0.25, 0.3) is 0 Å². The van der Waals surface area contributed by atoms with Crippen molar-refractivity contribution in [2.45, 2.75) is 14.7 Å². The molecule has 0 spiro atoms. The number of carbonyl (C=O) groups is 1. The second kappa shape index (κ2) is 10.8. The summed E-state index contributed by atoms with van der Waals surface area (Å²) >= 11 is 6.61. The number of hydrogen-bond donors (Lipinski definition) is 0. The zero-order valence-electron chi connectivity index (χ0n) is 16.4. The van der Waals surface area contributed by atoms with Crippen LogP contribution >= 0.6 is 67.8 Å². The van der Waals surface area contributed by atoms with Crippen molar-refractivity contribution in [3.63, 3.8) is 0 Å². The van der Waals surface area contributed by atoms with Crippen LogP contribution in [-0.4, -0.2) is 5.97 Å². The Morgan fingerprint density at radius 2 is 1.22 bits per heavy atom. The molecule has 4 aromatic rings. The summed E-state index contributed by atoms with van der Waals surface area (Å²) in [7, 11) is -0.414. The Kier molecular flexibility index (Phi) is 8.11. The Labute approximate surface area is 229 Å². The lowest BCUT2D eigenvalue weighted by Crippen LogP contribution is -2.11. The second-order valence-corrected chi connectivity index (χ2v) is 12.3. The Morgan fingerprint density at radius 1 is 0.719 bits per heavy atom. The van der Waals surface area contributed by atoms with Crippen LogP contribution < -0.4 is 4.74 Å². The third-order valence-electron chi connectivity index (χ3n) is 4.51. The van der Waals surface area contributed by atoms with Gasteiger partial charge < -0.3 is 4.74 Å². The topological polar surface area (TPSA) is 26.3 Å². The maximum atomic E-state index is 13.5. The Bertz CT molecular complexity index is 1220. The van der Waals surface area contributed by atoms with Crippen molar-refractivity contribution >= 4 is 84.6 Å². The maximum absolute atomic E-state index is 13.5. The van der Waals surface area contributed by atoms with Gasteiger partial charge in [-0.25, -0.2) is 9.18 Å². The summed E-state index contributed by atoms with van der Waals surface area (Å²) in [6, 6.07) is 28.1. The van der Waals surface area contributed by atoms with E-state index in [1.165, 1.54) is 12.1 Å². The highest BCUT2D eigenvalue weighted by molar-refractivity contribution is 14.1. The number of halogens is 4. The van der Waals surface area contributed by atoms with Crippen LogP contribution in [0.3, 0.4) is 0 Å². The predicted octanol–water partition coefficient (Wildman–Crippen LogP) is 7.95. The zero-order valence-corrected chi connectivity index (χ0v) is 23.7. The zero-order chi connectivity index (χ0) is 22.7. The molecule has 0 saturated carbocycles. The van der Waals surface area contributed by atoms with E-state index in [9.17, 15) is 9.18 Å². The minimum Gasteiger partial charge on any atom is -0.421 e. The lowest BCUT2D eigenvalue weighted by Gasteiger charge is -2.10. The van der Waals surface area contributed by atoms with Gasteiger partial charge in [-0.15, -0.1) is 0 Å². The molecule has 0 heterocycles. The fourth-order valence-electron chi connectivity index (χ4n) is 3.04. The number of ether oxygens (including phenoxy) is 1. The van der Waals surface area contributed by atoms with Crippen molar-refractivity contribution < 1.29 is 13.9 Å². The summed E-state index contributed by atoms with van der Waals surface area (Å²) in [5.74, 6) is -0.0747. The van der Waals surface area contributed by atoms with Gasteiger partial charge in [0.25, 0.3) is 0 Å². The number of hydrogen-bond acceptors (Lipinski definition) is 2. The first-order valence-corrected chi connectivity index (χ1v) is 13.9. The third kappa shape index (κ3) is 5.65. The largest absolute Gasteiger partial charge is 0.421 e. The number of benzene rings is 4. The van der Waals surface area contributed by atoms with Crippen molar-refractivity contribution in [3.8, 4) is 5.75 Å². The molecule has 0 fully saturated rings. The Morgan fingerprint density at radius 3 is 1.78 bits per heavy atom. The molecule has 1 unspecified atom stereocenters. The van der Waals surface area contributed by atoms with Gasteiger partial charge in [-0.1, -0.05) is 18.2 Å². The molecule has 160 valence electrons. The van der Waals surface area contributed by atoms with E-state index in [2.05, 4.69) is 79.9 Å². The third-order valence-corrected chi connectivity index (χ3v) is 8.97. The molecule has 0 saturated heterocycles. The molecule has 4 aromatic carbocycles. The van der Waals surface area contributed by atoms with Crippen molar-refractivity contribution in [1.29, 1.82) is 0 Å². The first-order valence-electron chi connectivity index (χ1n) is 9.44. The molecule has 0 N–H and O–H groups in total. The van der Waals surface area contributed by atoms with E-state index in [0.29, 0.717) is 11.3 Å². The fourth-order valence-corrected chi connectivity index (χ4v) is 8.91. The quantitative estimate of drug-likeness (QED) is 0.0891. The molecule has 2 nitrogen and oxygen atoms in total. The maximum Gasteiger partial charge on any atom is 0.343 e. The average molecular weight is 779 g/mol. The van der Waals surface area contributed by atoms with Gasteiger partial charge in [-0.3, -0.25) is 0 Å². The van der Waals surface area contributed by atoms with E-state index >= 15 is 0 Å². The van der Waals surface area contributed by atoms with E-state index in [0.717, 1.165) is 25.4 Å². The van der Waals surface area contributed by atoms with Crippen LogP contribution in [0.2, 0.25) is 0 Å². The first-order chi connectivity index (χ1) is 15.4. The SMILES string of the molecule is O=C(Oc1c(I)cc(I)cc1I)c1ccc([S+](c2ccccc2)c2ccc(F)cc2)cc1. The lowest BCUT2D eigenvalue weighted by molar-refractivity contribution is 0.0732. The van der Waals surface area contributed by atoms with E-state index in [4.69, 9.17) is 4.74 Å². The van der Waals surface area contributed by atoms with E-state index < -0.39 is 16.9 Å². The second-order valence-electron chi connectivity index (χ2n) is 6.69. The van der Waals surface area contributed by atoms with Crippen molar-refractivity contribution in [3.05, 3.63) is 113 Å². The van der Waals surface area contributed by atoms with Gasteiger partial charge in [0.15, 0.2) is 20.4 Å². The van der Waals surface area contributed by atoms with E-state index in [1.807, 2.05) is 54.6 Å². The molecular weight excluding hydrogens is 764 g/mol. The molecular formula is C25H15FI3O2S+. The average Bonchev–Trinajstić information content (AvgIpc) is 2.79. The molecule has 0 aliphatic heterocycles. The van der Waals surface area contributed by atoms with Crippen LogP contribution in [0.15, 0.2) is 106 Å². The Balaban J connectivity index is 1.63. The van der Waals surface area contributed by atoms with Gasteiger partial charge in [-0.2, -0.15) is 0 Å². The normalized spacial score (nSPS) is 11.8. The standard InChI is InChI=1S/C25H15FI3O2S/c26-17-8-12-21(13-9-17)32(19-4-2-1-3-5-19)20-10-6-16(7-11-20)25(30)31-24-22(28)14-18(27)15-23(24)29/h1-15H/q+1. The molecule has 0 bridgehead atoms. The molecule has 0 amide bonds. The summed E-state index contributed by atoms with van der Waals surface area (Å²) in [5, 5.41) is 0. The molecule has 0 aliphatic rings. The predicted molar refractivity (Wildman–Crippen MR) is 151 cm³/mol. The minimum atomic E-state index is -0.414. The first kappa shape index (κ1) is 24.0. The molecule has 7 heteroatoms. The fraction of sp³-hybridized carbons (Fsp3) is 0. The highest BCUT2D eigenvalue weighted by Gasteiger charge is 2.29. The van der Waals surface area contributed by atoms with E-state index in [-0.39, 0.29) is 5.82 Å². The van der Waals surface area contributed by atoms with Gasteiger partial charge in [0.05, 0.1) is 23.6 Å². The van der Waals surface area contributed by atoms with Crippen molar-refractivity contribution in [1.82, 2.24) is 0 Å². The molecule has 0 radical (unpaired) electrons. The number of carbonyl (C=O) groups excluding carboxylic acids is 1. The highest BCUT2D eigenvalue weighted by Crippen LogP contribution is 2.33. The van der Waals surface area contributed by atoms with Gasteiger partial charge in [0.1, 0.15) is 5.82 Å². The molecule has 0 aliphatic carbocycles. The smallest absolute Gasteiger partial charge is 0.343 e. The molecule has 0 aromatic heterocycles. The van der Waals surface area contributed by atoms with Crippen LogP contribution in [-0.2, 0) is 10.9 Å². The van der Waals surface area contributed by atoms with Crippen LogP contribution in [0.4, 0.5) is 4.39 Å².